The molecule has 1 atom stereocenters. The number of anilines is 1. The minimum absolute atomic E-state index is 0.129. The van der Waals surface area contributed by atoms with Crippen molar-refractivity contribution in [2.24, 2.45) is 0 Å². The molecule has 0 aliphatic carbocycles. The summed E-state index contributed by atoms with van der Waals surface area (Å²) in [6.45, 7) is 6.99. The van der Waals surface area contributed by atoms with E-state index in [1.165, 1.54) is 0 Å². The third kappa shape index (κ3) is 3.19. The monoisotopic (exact) mass is 238 g/mol. The molecular weight excluding hydrogens is 215 g/mol. The standard InChI is InChI=1S/C14H23FN2/c1-6-7-17(5)14-8-10(2)13(15)9-12(14)11(3)16-4/h8-9,11,16H,6-7H2,1-5H3. The van der Waals surface area contributed by atoms with Crippen LogP contribution in [0.1, 0.15) is 37.4 Å². The highest BCUT2D eigenvalue weighted by molar-refractivity contribution is 5.56. The van der Waals surface area contributed by atoms with E-state index in [2.05, 4.69) is 24.2 Å². The number of benzene rings is 1. The zero-order valence-corrected chi connectivity index (χ0v) is 11.5. The maximum atomic E-state index is 13.7. The second-order valence-corrected chi connectivity index (χ2v) is 4.59. The number of aryl methyl sites for hydroxylation is 1. The molecule has 0 aliphatic rings. The Morgan fingerprint density at radius 2 is 2.06 bits per heavy atom. The molecule has 1 aromatic carbocycles. The minimum atomic E-state index is -0.129. The van der Waals surface area contributed by atoms with Crippen LogP contribution in [0.15, 0.2) is 12.1 Å². The van der Waals surface area contributed by atoms with E-state index in [0.29, 0.717) is 5.56 Å². The first-order valence-corrected chi connectivity index (χ1v) is 6.19. The van der Waals surface area contributed by atoms with E-state index < -0.39 is 0 Å². The van der Waals surface area contributed by atoms with Crippen molar-refractivity contribution >= 4 is 5.69 Å². The van der Waals surface area contributed by atoms with Gasteiger partial charge >= 0.3 is 0 Å². The molecule has 0 heterocycles. The van der Waals surface area contributed by atoms with Crippen LogP contribution in [-0.4, -0.2) is 20.6 Å². The van der Waals surface area contributed by atoms with E-state index in [9.17, 15) is 4.39 Å². The lowest BCUT2D eigenvalue weighted by atomic mass is 10.0. The maximum absolute atomic E-state index is 13.7. The molecule has 1 aromatic rings. The van der Waals surface area contributed by atoms with Crippen LogP contribution in [-0.2, 0) is 0 Å². The smallest absolute Gasteiger partial charge is 0.126 e. The van der Waals surface area contributed by atoms with Crippen LogP contribution < -0.4 is 10.2 Å². The normalized spacial score (nSPS) is 12.6. The van der Waals surface area contributed by atoms with Gasteiger partial charge in [-0.3, -0.25) is 0 Å². The summed E-state index contributed by atoms with van der Waals surface area (Å²) in [4.78, 5) is 2.19. The number of halogens is 1. The molecule has 2 nitrogen and oxygen atoms in total. The molecule has 0 aliphatic heterocycles. The van der Waals surface area contributed by atoms with E-state index in [-0.39, 0.29) is 11.9 Å². The zero-order chi connectivity index (χ0) is 13.0. The molecule has 3 heteroatoms. The molecule has 1 N–H and O–H groups in total. The first kappa shape index (κ1) is 14.0. The van der Waals surface area contributed by atoms with Crippen molar-refractivity contribution in [1.82, 2.24) is 5.32 Å². The summed E-state index contributed by atoms with van der Waals surface area (Å²) in [5.41, 5.74) is 2.84. The van der Waals surface area contributed by atoms with E-state index in [1.54, 1.807) is 6.07 Å². The van der Waals surface area contributed by atoms with Gasteiger partial charge in [-0.05, 0) is 50.6 Å². The minimum Gasteiger partial charge on any atom is -0.374 e. The molecular formula is C14H23FN2. The van der Waals surface area contributed by atoms with Crippen molar-refractivity contribution in [2.75, 3.05) is 25.5 Å². The van der Waals surface area contributed by atoms with Gasteiger partial charge in [-0.2, -0.15) is 0 Å². The highest BCUT2D eigenvalue weighted by atomic mass is 19.1. The van der Waals surface area contributed by atoms with Crippen LogP contribution in [0.5, 0.6) is 0 Å². The summed E-state index contributed by atoms with van der Waals surface area (Å²) in [6, 6.07) is 3.74. The van der Waals surface area contributed by atoms with Crippen molar-refractivity contribution in [3.63, 3.8) is 0 Å². The Balaban J connectivity index is 3.20. The molecule has 0 fully saturated rings. The molecule has 17 heavy (non-hydrogen) atoms. The molecule has 0 amide bonds. The van der Waals surface area contributed by atoms with Gasteiger partial charge in [-0.1, -0.05) is 6.92 Å². The highest BCUT2D eigenvalue weighted by Crippen LogP contribution is 2.28. The Kier molecular flexibility index (Phi) is 4.94. The Morgan fingerprint density at radius 3 is 2.59 bits per heavy atom. The second-order valence-electron chi connectivity index (χ2n) is 4.59. The predicted octanol–water partition coefficient (Wildman–Crippen LogP) is 3.26. The van der Waals surface area contributed by atoms with Crippen LogP contribution in [0.3, 0.4) is 0 Å². The summed E-state index contributed by atoms with van der Waals surface area (Å²) >= 11 is 0. The van der Waals surface area contributed by atoms with Gasteiger partial charge < -0.3 is 10.2 Å². The second kappa shape index (κ2) is 6.01. The van der Waals surface area contributed by atoms with Gasteiger partial charge in [-0.25, -0.2) is 4.39 Å². The Morgan fingerprint density at radius 1 is 1.41 bits per heavy atom. The number of rotatable bonds is 5. The quantitative estimate of drug-likeness (QED) is 0.847. The van der Waals surface area contributed by atoms with Gasteiger partial charge in [-0.15, -0.1) is 0 Å². The largest absolute Gasteiger partial charge is 0.374 e. The number of nitrogens with zero attached hydrogens (tertiary/aromatic N) is 1. The molecule has 1 unspecified atom stereocenters. The fraction of sp³-hybridized carbons (Fsp3) is 0.571. The zero-order valence-electron chi connectivity index (χ0n) is 11.5. The fourth-order valence-electron chi connectivity index (χ4n) is 1.97. The van der Waals surface area contributed by atoms with Gasteiger partial charge in [0.1, 0.15) is 5.82 Å². The highest BCUT2D eigenvalue weighted by Gasteiger charge is 2.14. The first-order valence-electron chi connectivity index (χ1n) is 6.19. The molecule has 0 saturated heterocycles. The number of nitrogens with one attached hydrogen (secondary N) is 1. The van der Waals surface area contributed by atoms with Crippen molar-refractivity contribution in [2.45, 2.75) is 33.2 Å². The first-order chi connectivity index (χ1) is 8.01. The average Bonchev–Trinajstić information content (AvgIpc) is 2.31. The summed E-state index contributed by atoms with van der Waals surface area (Å²) in [7, 11) is 3.95. The van der Waals surface area contributed by atoms with E-state index >= 15 is 0 Å². The van der Waals surface area contributed by atoms with Gasteiger partial charge in [0.05, 0.1) is 0 Å². The van der Waals surface area contributed by atoms with Gasteiger partial charge in [0.15, 0.2) is 0 Å². The number of hydrogen-bond acceptors (Lipinski definition) is 2. The molecule has 0 spiro atoms. The van der Waals surface area contributed by atoms with Crippen LogP contribution in [0.4, 0.5) is 10.1 Å². The van der Waals surface area contributed by atoms with E-state index in [4.69, 9.17) is 0 Å². The Labute approximate surface area is 104 Å². The average molecular weight is 238 g/mol. The SMILES string of the molecule is CCCN(C)c1cc(C)c(F)cc1C(C)NC. The maximum Gasteiger partial charge on any atom is 0.126 e. The van der Waals surface area contributed by atoms with Crippen LogP contribution in [0.2, 0.25) is 0 Å². The summed E-state index contributed by atoms with van der Waals surface area (Å²) < 4.78 is 13.7. The van der Waals surface area contributed by atoms with E-state index in [1.807, 2.05) is 27.0 Å². The Hall–Kier alpha value is -1.09. The van der Waals surface area contributed by atoms with Crippen molar-refractivity contribution in [3.05, 3.63) is 29.1 Å². The van der Waals surface area contributed by atoms with Crippen LogP contribution in [0, 0.1) is 12.7 Å². The lowest BCUT2D eigenvalue weighted by molar-refractivity contribution is 0.600. The molecule has 0 bridgehead atoms. The molecule has 1 rings (SSSR count). The lowest BCUT2D eigenvalue weighted by Crippen LogP contribution is -2.23. The van der Waals surface area contributed by atoms with Crippen molar-refractivity contribution < 1.29 is 4.39 Å². The van der Waals surface area contributed by atoms with E-state index in [0.717, 1.165) is 24.2 Å². The summed E-state index contributed by atoms with van der Waals surface area (Å²) in [5, 5.41) is 3.17. The molecule has 0 aromatic heterocycles. The van der Waals surface area contributed by atoms with Crippen LogP contribution in [0.25, 0.3) is 0 Å². The van der Waals surface area contributed by atoms with Crippen molar-refractivity contribution in [3.8, 4) is 0 Å². The molecule has 96 valence electrons. The fourth-order valence-corrected chi connectivity index (χ4v) is 1.97. The van der Waals surface area contributed by atoms with Crippen molar-refractivity contribution in [1.29, 1.82) is 0 Å². The molecule has 0 radical (unpaired) electrons. The predicted molar refractivity (Wildman–Crippen MR) is 72.2 cm³/mol. The molecule has 0 saturated carbocycles. The summed E-state index contributed by atoms with van der Waals surface area (Å²) in [6.07, 6.45) is 1.08. The van der Waals surface area contributed by atoms with Gasteiger partial charge in [0, 0.05) is 25.3 Å². The lowest BCUT2D eigenvalue weighted by Gasteiger charge is -2.25. The topological polar surface area (TPSA) is 15.3 Å². The van der Waals surface area contributed by atoms with Crippen LogP contribution >= 0.6 is 0 Å². The Bertz CT molecular complexity index is 377. The van der Waals surface area contributed by atoms with Gasteiger partial charge in [0.25, 0.3) is 0 Å². The number of hydrogen-bond donors (Lipinski definition) is 1. The van der Waals surface area contributed by atoms with Gasteiger partial charge in [0.2, 0.25) is 0 Å². The third-order valence-corrected chi connectivity index (χ3v) is 3.18. The third-order valence-electron chi connectivity index (χ3n) is 3.18. The summed E-state index contributed by atoms with van der Waals surface area (Å²) in [5.74, 6) is -0.129.